The van der Waals surface area contributed by atoms with Crippen LogP contribution in [0.15, 0.2) is 45.8 Å². The molecule has 0 aliphatic carbocycles. The number of amides is 1. The molecule has 7 nitrogen and oxygen atoms in total. The van der Waals surface area contributed by atoms with Crippen LogP contribution in [0, 0.1) is 0 Å². The van der Waals surface area contributed by atoms with Gasteiger partial charge in [0.2, 0.25) is 0 Å². The van der Waals surface area contributed by atoms with E-state index >= 15 is 0 Å². The quantitative estimate of drug-likeness (QED) is 0.435. The van der Waals surface area contributed by atoms with Gasteiger partial charge in [-0.2, -0.15) is 0 Å². The minimum atomic E-state index is -1.10. The van der Waals surface area contributed by atoms with E-state index in [1.54, 1.807) is 49.6 Å². The smallest absolute Gasteiger partial charge is 0.341 e. The molecule has 2 aromatic rings. The summed E-state index contributed by atoms with van der Waals surface area (Å²) in [5.74, 6) is -0.0566. The summed E-state index contributed by atoms with van der Waals surface area (Å²) in [6.45, 7) is -0.505. The molecular formula is C20H16BrNO6S2. The number of nitrogens with zero attached hydrogens (tertiary/aromatic N) is 1. The van der Waals surface area contributed by atoms with Crippen molar-refractivity contribution in [3.05, 3.63) is 51.3 Å². The highest BCUT2D eigenvalue weighted by Crippen LogP contribution is 2.40. The van der Waals surface area contributed by atoms with Gasteiger partial charge in [-0.05, 0) is 64.0 Å². The highest BCUT2D eigenvalue weighted by molar-refractivity contribution is 9.10. The fourth-order valence-electron chi connectivity index (χ4n) is 2.67. The zero-order valence-electron chi connectivity index (χ0n) is 15.9. The first-order chi connectivity index (χ1) is 14.3. The van der Waals surface area contributed by atoms with Gasteiger partial charge in [0.1, 0.15) is 5.75 Å². The van der Waals surface area contributed by atoms with Gasteiger partial charge in [-0.3, -0.25) is 9.69 Å². The lowest BCUT2D eigenvalue weighted by molar-refractivity contribution is -0.139. The Morgan fingerprint density at radius 3 is 2.53 bits per heavy atom. The molecule has 2 aromatic carbocycles. The van der Waals surface area contributed by atoms with Gasteiger partial charge in [0.25, 0.3) is 5.91 Å². The molecule has 10 heteroatoms. The number of halogens is 1. The number of carboxylic acids is 1. The van der Waals surface area contributed by atoms with Crippen molar-refractivity contribution >= 4 is 67.9 Å². The molecule has 30 heavy (non-hydrogen) atoms. The molecule has 1 amide bonds. The Balaban J connectivity index is 1.89. The second-order valence-corrected chi connectivity index (χ2v) is 8.46. The first-order valence-electron chi connectivity index (χ1n) is 8.48. The molecule has 0 saturated carbocycles. The monoisotopic (exact) mass is 509 g/mol. The molecule has 1 aliphatic heterocycles. The molecule has 1 fully saturated rings. The lowest BCUT2D eigenvalue weighted by Gasteiger charge is -2.14. The summed E-state index contributed by atoms with van der Waals surface area (Å²) in [6.07, 6.45) is 1.69. The number of thioether (sulfide) groups is 1. The van der Waals surface area contributed by atoms with Gasteiger partial charge >= 0.3 is 5.97 Å². The van der Waals surface area contributed by atoms with E-state index in [9.17, 15) is 9.59 Å². The summed E-state index contributed by atoms with van der Waals surface area (Å²) in [5, 5.41) is 8.82. The Morgan fingerprint density at radius 1 is 1.23 bits per heavy atom. The van der Waals surface area contributed by atoms with Gasteiger partial charge in [-0.1, -0.05) is 24.0 Å². The van der Waals surface area contributed by atoms with Gasteiger partial charge in [0.15, 0.2) is 22.4 Å². The predicted octanol–water partition coefficient (Wildman–Crippen LogP) is 4.34. The Morgan fingerprint density at radius 2 is 1.93 bits per heavy atom. The number of methoxy groups -OCH3 is 2. The molecule has 0 aromatic heterocycles. The number of carbonyl (C=O) groups excluding carboxylic acids is 1. The number of carbonyl (C=O) groups is 2. The molecule has 0 atom stereocenters. The number of thiocarbonyl (C=S) groups is 1. The Bertz CT molecular complexity index is 1040. The highest BCUT2D eigenvalue weighted by Gasteiger charge is 2.33. The zero-order chi connectivity index (χ0) is 21.8. The molecule has 0 bridgehead atoms. The van der Waals surface area contributed by atoms with Crippen LogP contribution in [0.1, 0.15) is 5.56 Å². The molecule has 1 saturated heterocycles. The molecule has 3 rings (SSSR count). The van der Waals surface area contributed by atoms with E-state index in [0.29, 0.717) is 36.4 Å². The van der Waals surface area contributed by atoms with Gasteiger partial charge in [-0.25, -0.2) is 4.79 Å². The SMILES string of the molecule is COc1ccc(N2C(=O)/C(=C\c3cc(Br)c(OCC(=O)O)c(OC)c3)SC2=S)cc1. The third kappa shape index (κ3) is 4.77. The van der Waals surface area contributed by atoms with Crippen molar-refractivity contribution in [3.63, 3.8) is 0 Å². The van der Waals surface area contributed by atoms with Crippen molar-refractivity contribution in [2.45, 2.75) is 0 Å². The first-order valence-corrected chi connectivity index (χ1v) is 10.5. The Labute approximate surface area is 190 Å². The predicted molar refractivity (Wildman–Crippen MR) is 122 cm³/mol. The standard InChI is InChI=1S/C20H16BrNO6S2/c1-26-13-5-3-12(4-6-13)22-19(25)16(30-20(22)29)9-11-7-14(21)18(15(8-11)27-2)28-10-17(23)24/h3-9H,10H2,1-2H3,(H,23,24)/b16-9+. The number of aliphatic carboxylic acids is 1. The van der Waals surface area contributed by atoms with E-state index in [-0.39, 0.29) is 11.7 Å². The number of benzene rings is 2. The summed E-state index contributed by atoms with van der Waals surface area (Å²) in [6, 6.07) is 10.4. The normalized spacial score (nSPS) is 14.9. The lowest BCUT2D eigenvalue weighted by atomic mass is 10.1. The van der Waals surface area contributed by atoms with Crippen molar-refractivity contribution in [1.82, 2.24) is 0 Å². The van der Waals surface area contributed by atoms with Gasteiger partial charge < -0.3 is 19.3 Å². The van der Waals surface area contributed by atoms with E-state index in [2.05, 4.69) is 15.9 Å². The third-order valence-electron chi connectivity index (χ3n) is 4.01. The van der Waals surface area contributed by atoms with Crippen molar-refractivity contribution in [3.8, 4) is 17.2 Å². The van der Waals surface area contributed by atoms with Crippen LogP contribution in [-0.2, 0) is 9.59 Å². The van der Waals surface area contributed by atoms with Crippen LogP contribution in [0.25, 0.3) is 6.08 Å². The van der Waals surface area contributed by atoms with Crippen molar-refractivity contribution in [2.24, 2.45) is 0 Å². The highest BCUT2D eigenvalue weighted by atomic mass is 79.9. The molecular weight excluding hydrogens is 494 g/mol. The molecule has 1 N–H and O–H groups in total. The van der Waals surface area contributed by atoms with Gasteiger partial charge in [0.05, 0.1) is 29.3 Å². The van der Waals surface area contributed by atoms with E-state index in [1.807, 2.05) is 0 Å². The number of anilines is 1. The summed E-state index contributed by atoms with van der Waals surface area (Å²) in [5.41, 5.74) is 1.31. The topological polar surface area (TPSA) is 85.3 Å². The van der Waals surface area contributed by atoms with Crippen molar-refractivity contribution in [1.29, 1.82) is 0 Å². The molecule has 1 aliphatic rings. The van der Waals surface area contributed by atoms with Crippen molar-refractivity contribution < 1.29 is 28.9 Å². The van der Waals surface area contributed by atoms with Crippen LogP contribution in [-0.4, -0.2) is 42.1 Å². The molecule has 156 valence electrons. The average Bonchev–Trinajstić information content (AvgIpc) is 2.99. The average molecular weight is 510 g/mol. The minimum Gasteiger partial charge on any atom is -0.497 e. The second-order valence-electron chi connectivity index (χ2n) is 5.93. The van der Waals surface area contributed by atoms with Crippen molar-refractivity contribution in [2.75, 3.05) is 25.7 Å². The number of rotatable bonds is 7. The summed E-state index contributed by atoms with van der Waals surface area (Å²) < 4.78 is 16.6. The van der Waals surface area contributed by atoms with E-state index in [0.717, 1.165) is 0 Å². The zero-order valence-corrected chi connectivity index (χ0v) is 19.1. The summed E-state index contributed by atoms with van der Waals surface area (Å²) in [4.78, 5) is 25.6. The molecule has 0 unspecified atom stereocenters. The van der Waals surface area contributed by atoms with Crippen LogP contribution in [0.2, 0.25) is 0 Å². The summed E-state index contributed by atoms with van der Waals surface area (Å²) >= 11 is 9.95. The summed E-state index contributed by atoms with van der Waals surface area (Å²) in [7, 11) is 3.02. The minimum absolute atomic E-state index is 0.239. The third-order valence-corrected chi connectivity index (χ3v) is 5.91. The van der Waals surface area contributed by atoms with Crippen LogP contribution in [0.3, 0.4) is 0 Å². The van der Waals surface area contributed by atoms with Crippen LogP contribution < -0.4 is 19.1 Å². The maximum Gasteiger partial charge on any atom is 0.341 e. The number of carboxylic acid groups (broad SMARTS) is 1. The van der Waals surface area contributed by atoms with Gasteiger partial charge in [0, 0.05) is 0 Å². The van der Waals surface area contributed by atoms with Crippen LogP contribution in [0.5, 0.6) is 17.2 Å². The fraction of sp³-hybridized carbons (Fsp3) is 0.150. The Kier molecular flexibility index (Phi) is 7.01. The fourth-order valence-corrected chi connectivity index (χ4v) is 4.54. The Hall–Kier alpha value is -2.56. The largest absolute Gasteiger partial charge is 0.497 e. The lowest BCUT2D eigenvalue weighted by Crippen LogP contribution is -2.27. The van der Waals surface area contributed by atoms with Gasteiger partial charge in [-0.15, -0.1) is 0 Å². The van der Waals surface area contributed by atoms with E-state index < -0.39 is 12.6 Å². The van der Waals surface area contributed by atoms with E-state index in [4.69, 9.17) is 31.5 Å². The number of hydrogen-bond donors (Lipinski definition) is 1. The van der Waals surface area contributed by atoms with Crippen LogP contribution >= 0.6 is 39.9 Å². The van der Waals surface area contributed by atoms with E-state index in [1.165, 1.54) is 23.8 Å². The molecule has 0 spiro atoms. The van der Waals surface area contributed by atoms with Crippen LogP contribution in [0.4, 0.5) is 5.69 Å². The number of ether oxygens (including phenoxy) is 3. The first kappa shape index (κ1) is 22.1. The second kappa shape index (κ2) is 9.50. The molecule has 0 radical (unpaired) electrons. The molecule has 1 heterocycles. The number of hydrogen-bond acceptors (Lipinski definition) is 7. The maximum absolute atomic E-state index is 12.9. The maximum atomic E-state index is 12.9.